The summed E-state index contributed by atoms with van der Waals surface area (Å²) in [6, 6.07) is 9.07. The number of aryl methyl sites for hydroxylation is 1. The highest BCUT2D eigenvalue weighted by atomic mass is 15.1. The number of rotatable bonds is 8. The van der Waals surface area contributed by atoms with Crippen LogP contribution in [0.25, 0.3) is 0 Å². The average molecular weight is 262 g/mol. The van der Waals surface area contributed by atoms with Crippen LogP contribution in [-0.2, 0) is 12.8 Å². The number of nitrogens with two attached hydrogens (primary N) is 1. The van der Waals surface area contributed by atoms with Crippen molar-refractivity contribution in [3.8, 4) is 0 Å². The van der Waals surface area contributed by atoms with Gasteiger partial charge in [0.05, 0.1) is 0 Å². The summed E-state index contributed by atoms with van der Waals surface area (Å²) in [4.78, 5) is 2.37. The van der Waals surface area contributed by atoms with E-state index in [4.69, 9.17) is 5.73 Å². The molecule has 0 aromatic heterocycles. The highest BCUT2D eigenvalue weighted by Crippen LogP contribution is 2.09. The van der Waals surface area contributed by atoms with Crippen molar-refractivity contribution in [1.82, 2.24) is 4.90 Å². The summed E-state index contributed by atoms with van der Waals surface area (Å²) in [6.07, 6.45) is 4.57. The molecule has 0 amide bonds. The molecule has 0 spiro atoms. The fraction of sp³-hybridized carbons (Fsp3) is 0.647. The van der Waals surface area contributed by atoms with Crippen LogP contribution in [0.1, 0.15) is 44.7 Å². The van der Waals surface area contributed by atoms with Gasteiger partial charge in [-0.3, -0.25) is 0 Å². The van der Waals surface area contributed by atoms with Gasteiger partial charge in [0.2, 0.25) is 0 Å². The van der Waals surface area contributed by atoms with Crippen LogP contribution in [0.5, 0.6) is 0 Å². The molecule has 0 aliphatic rings. The molecule has 2 nitrogen and oxygen atoms in total. The summed E-state index contributed by atoms with van der Waals surface area (Å²) in [5.41, 5.74) is 8.83. The third-order valence-corrected chi connectivity index (χ3v) is 3.48. The van der Waals surface area contributed by atoms with E-state index in [1.165, 1.54) is 24.0 Å². The molecule has 0 heterocycles. The second-order valence-electron chi connectivity index (χ2n) is 6.36. The molecule has 19 heavy (non-hydrogen) atoms. The van der Waals surface area contributed by atoms with Crippen LogP contribution < -0.4 is 5.73 Å². The van der Waals surface area contributed by atoms with Gasteiger partial charge in [-0.15, -0.1) is 0 Å². The molecule has 0 atom stereocenters. The molecule has 0 bridgehead atoms. The summed E-state index contributed by atoms with van der Waals surface area (Å²) in [5.74, 6) is 0. The van der Waals surface area contributed by atoms with E-state index in [0.717, 1.165) is 25.9 Å². The standard InChI is InChI=1S/C17H30N2/c1-5-6-15-7-9-16(10-8-15)11-13-19(4)14-12-17(2,3)18/h7-10H,5-6,11-14,18H2,1-4H3. The van der Waals surface area contributed by atoms with Gasteiger partial charge in [0, 0.05) is 12.1 Å². The molecule has 0 aliphatic heterocycles. The van der Waals surface area contributed by atoms with E-state index >= 15 is 0 Å². The zero-order valence-corrected chi connectivity index (χ0v) is 13.1. The number of hydrogen-bond donors (Lipinski definition) is 1. The quantitative estimate of drug-likeness (QED) is 0.779. The average Bonchev–Trinajstić information content (AvgIpc) is 2.35. The van der Waals surface area contributed by atoms with E-state index < -0.39 is 0 Å². The van der Waals surface area contributed by atoms with Crippen LogP contribution in [0.4, 0.5) is 0 Å². The van der Waals surface area contributed by atoms with Crippen LogP contribution >= 0.6 is 0 Å². The molecule has 0 radical (unpaired) electrons. The largest absolute Gasteiger partial charge is 0.326 e. The molecule has 1 aromatic carbocycles. The van der Waals surface area contributed by atoms with Gasteiger partial charge in [-0.2, -0.15) is 0 Å². The van der Waals surface area contributed by atoms with Gasteiger partial charge in [-0.25, -0.2) is 0 Å². The Labute approximate surface area is 119 Å². The zero-order valence-electron chi connectivity index (χ0n) is 13.1. The summed E-state index contributed by atoms with van der Waals surface area (Å²) >= 11 is 0. The Bertz CT molecular complexity index is 349. The molecule has 2 heteroatoms. The topological polar surface area (TPSA) is 29.3 Å². The lowest BCUT2D eigenvalue weighted by molar-refractivity contribution is 0.298. The van der Waals surface area contributed by atoms with Gasteiger partial charge in [0.15, 0.2) is 0 Å². The van der Waals surface area contributed by atoms with Crippen molar-refractivity contribution in [3.63, 3.8) is 0 Å². The Balaban J connectivity index is 2.31. The van der Waals surface area contributed by atoms with Gasteiger partial charge in [0.1, 0.15) is 0 Å². The van der Waals surface area contributed by atoms with Crippen LogP contribution in [0.3, 0.4) is 0 Å². The Morgan fingerprint density at radius 1 is 1.00 bits per heavy atom. The first-order valence-corrected chi connectivity index (χ1v) is 7.46. The predicted molar refractivity (Wildman–Crippen MR) is 84.5 cm³/mol. The van der Waals surface area contributed by atoms with Crippen molar-refractivity contribution in [2.24, 2.45) is 5.73 Å². The monoisotopic (exact) mass is 262 g/mol. The minimum absolute atomic E-state index is 0.0595. The number of likely N-dealkylation sites (N-methyl/N-ethyl adjacent to an activating group) is 1. The lowest BCUT2D eigenvalue weighted by atomic mass is 10.0. The third-order valence-electron chi connectivity index (χ3n) is 3.48. The first-order chi connectivity index (χ1) is 8.90. The number of nitrogens with zero attached hydrogens (tertiary/aromatic N) is 1. The Hall–Kier alpha value is -0.860. The van der Waals surface area contributed by atoms with Crippen LogP contribution in [0, 0.1) is 0 Å². The smallest absolute Gasteiger partial charge is 0.0109 e. The molecule has 2 N–H and O–H groups in total. The normalized spacial score (nSPS) is 12.1. The molecule has 0 saturated carbocycles. The summed E-state index contributed by atoms with van der Waals surface area (Å²) in [6.45, 7) is 8.57. The van der Waals surface area contributed by atoms with E-state index in [0.29, 0.717) is 0 Å². The van der Waals surface area contributed by atoms with Gasteiger partial charge in [-0.05, 0) is 57.8 Å². The van der Waals surface area contributed by atoms with Gasteiger partial charge >= 0.3 is 0 Å². The van der Waals surface area contributed by atoms with Crippen molar-refractivity contribution in [2.45, 2.75) is 52.0 Å². The lowest BCUT2D eigenvalue weighted by Crippen LogP contribution is -2.36. The minimum Gasteiger partial charge on any atom is -0.326 e. The minimum atomic E-state index is -0.0595. The van der Waals surface area contributed by atoms with E-state index in [1.807, 2.05) is 0 Å². The molecule has 108 valence electrons. The second-order valence-corrected chi connectivity index (χ2v) is 6.36. The van der Waals surface area contributed by atoms with Crippen LogP contribution in [-0.4, -0.2) is 30.6 Å². The number of benzene rings is 1. The number of hydrogen-bond acceptors (Lipinski definition) is 2. The predicted octanol–water partition coefficient (Wildman–Crippen LogP) is 3.24. The maximum Gasteiger partial charge on any atom is 0.0109 e. The molecular formula is C17H30N2. The van der Waals surface area contributed by atoms with E-state index in [-0.39, 0.29) is 5.54 Å². The fourth-order valence-corrected chi connectivity index (χ4v) is 2.07. The van der Waals surface area contributed by atoms with Crippen LogP contribution in [0.2, 0.25) is 0 Å². The molecule has 0 aliphatic carbocycles. The second kappa shape index (κ2) is 7.66. The maximum atomic E-state index is 6.01. The summed E-state index contributed by atoms with van der Waals surface area (Å²) in [5, 5.41) is 0. The molecular weight excluding hydrogens is 232 g/mol. The van der Waals surface area contributed by atoms with Crippen molar-refractivity contribution in [2.75, 3.05) is 20.1 Å². The molecule has 0 unspecified atom stereocenters. The van der Waals surface area contributed by atoms with E-state index in [9.17, 15) is 0 Å². The van der Waals surface area contributed by atoms with Gasteiger partial charge in [-0.1, -0.05) is 37.6 Å². The molecule has 0 saturated heterocycles. The Morgan fingerprint density at radius 3 is 2.00 bits per heavy atom. The fourth-order valence-electron chi connectivity index (χ4n) is 2.07. The Morgan fingerprint density at radius 2 is 1.53 bits per heavy atom. The maximum absolute atomic E-state index is 6.01. The molecule has 1 rings (SSSR count). The van der Waals surface area contributed by atoms with Crippen molar-refractivity contribution in [1.29, 1.82) is 0 Å². The summed E-state index contributed by atoms with van der Waals surface area (Å²) in [7, 11) is 2.18. The third kappa shape index (κ3) is 7.34. The van der Waals surface area contributed by atoms with Crippen molar-refractivity contribution < 1.29 is 0 Å². The highest BCUT2D eigenvalue weighted by Gasteiger charge is 2.11. The first kappa shape index (κ1) is 16.2. The lowest BCUT2D eigenvalue weighted by Gasteiger charge is -2.23. The Kier molecular flexibility index (Phi) is 6.53. The first-order valence-electron chi connectivity index (χ1n) is 7.46. The molecule has 0 fully saturated rings. The van der Waals surface area contributed by atoms with E-state index in [1.54, 1.807) is 0 Å². The summed E-state index contributed by atoms with van der Waals surface area (Å²) < 4.78 is 0. The van der Waals surface area contributed by atoms with E-state index in [2.05, 4.69) is 57.0 Å². The van der Waals surface area contributed by atoms with Gasteiger partial charge in [0.25, 0.3) is 0 Å². The molecule has 1 aromatic rings. The highest BCUT2D eigenvalue weighted by molar-refractivity contribution is 5.22. The van der Waals surface area contributed by atoms with Crippen LogP contribution in [0.15, 0.2) is 24.3 Å². The van der Waals surface area contributed by atoms with Crippen molar-refractivity contribution in [3.05, 3.63) is 35.4 Å². The zero-order chi connectivity index (χ0) is 14.3. The van der Waals surface area contributed by atoms with Crippen molar-refractivity contribution >= 4 is 0 Å². The SMILES string of the molecule is CCCc1ccc(CCN(C)CCC(C)(C)N)cc1. The van der Waals surface area contributed by atoms with Gasteiger partial charge < -0.3 is 10.6 Å².